The van der Waals surface area contributed by atoms with E-state index in [0.717, 1.165) is 43.6 Å². The molecular weight excluding hydrogens is 324 g/mol. The van der Waals surface area contributed by atoms with Gasteiger partial charge in [0.15, 0.2) is 0 Å². The lowest BCUT2D eigenvalue weighted by molar-refractivity contribution is 0.114. The molecule has 4 rings (SSSR count). The van der Waals surface area contributed by atoms with E-state index in [1.807, 2.05) is 6.07 Å². The van der Waals surface area contributed by atoms with E-state index in [1.165, 1.54) is 14.6 Å². The second-order valence-corrected chi connectivity index (χ2v) is 8.20. The molecule has 5 heteroatoms. The van der Waals surface area contributed by atoms with Gasteiger partial charge >= 0.3 is 0 Å². The topological polar surface area (TPSA) is 25.4 Å². The van der Waals surface area contributed by atoms with Crippen LogP contribution in [0.3, 0.4) is 0 Å². The molecule has 0 saturated carbocycles. The highest BCUT2D eigenvalue weighted by atomic mass is 32.1. The third-order valence-electron chi connectivity index (χ3n) is 4.31. The standard InChI is InChI=1S/C18H20N2OS2/c1-20-9-6-13(7-10-20)21-15-8-11-22-17(15)12-18-19-14-4-2-3-5-16(14)23-18/h2-5,8,11,13H,6-7,9-10,12H2,1H3. The molecular formula is C18H20N2OS2. The van der Waals surface area contributed by atoms with E-state index in [2.05, 4.69) is 41.6 Å². The van der Waals surface area contributed by atoms with E-state index < -0.39 is 0 Å². The lowest BCUT2D eigenvalue weighted by Crippen LogP contribution is -2.35. The summed E-state index contributed by atoms with van der Waals surface area (Å²) in [4.78, 5) is 8.41. The van der Waals surface area contributed by atoms with Crippen LogP contribution in [-0.2, 0) is 6.42 Å². The van der Waals surface area contributed by atoms with Crippen LogP contribution in [0.4, 0.5) is 0 Å². The van der Waals surface area contributed by atoms with E-state index in [9.17, 15) is 0 Å². The maximum absolute atomic E-state index is 6.28. The summed E-state index contributed by atoms with van der Waals surface area (Å²) in [6, 6.07) is 10.5. The average Bonchev–Trinajstić information content (AvgIpc) is 3.16. The summed E-state index contributed by atoms with van der Waals surface area (Å²) < 4.78 is 7.54. The first-order valence-electron chi connectivity index (χ1n) is 8.04. The number of nitrogens with zero attached hydrogens (tertiary/aromatic N) is 2. The van der Waals surface area contributed by atoms with Gasteiger partial charge in [0, 0.05) is 19.5 Å². The molecule has 3 nitrogen and oxygen atoms in total. The molecule has 1 saturated heterocycles. The number of thiophene rings is 1. The number of aromatic nitrogens is 1. The van der Waals surface area contributed by atoms with Gasteiger partial charge in [-0.05, 0) is 43.5 Å². The van der Waals surface area contributed by atoms with Crippen LogP contribution >= 0.6 is 22.7 Å². The normalized spacial score (nSPS) is 16.9. The molecule has 0 unspecified atom stereocenters. The van der Waals surface area contributed by atoms with Crippen LogP contribution in [0.1, 0.15) is 22.7 Å². The first kappa shape index (κ1) is 15.1. The third kappa shape index (κ3) is 3.42. The number of piperidine rings is 1. The SMILES string of the molecule is CN1CCC(Oc2ccsc2Cc2nc3ccccc3s2)CC1. The number of hydrogen-bond acceptors (Lipinski definition) is 5. The van der Waals surface area contributed by atoms with Crippen LogP contribution < -0.4 is 4.74 Å². The summed E-state index contributed by atoms with van der Waals surface area (Å²) in [5.74, 6) is 1.06. The Morgan fingerprint density at radius 3 is 2.87 bits per heavy atom. The molecule has 23 heavy (non-hydrogen) atoms. The van der Waals surface area contributed by atoms with Gasteiger partial charge in [-0.1, -0.05) is 12.1 Å². The zero-order valence-corrected chi connectivity index (χ0v) is 14.8. The zero-order chi connectivity index (χ0) is 15.6. The summed E-state index contributed by atoms with van der Waals surface area (Å²) in [6.07, 6.45) is 3.47. The number of thiazole rings is 1. The van der Waals surface area contributed by atoms with Crippen molar-refractivity contribution in [2.24, 2.45) is 0 Å². The Hall–Kier alpha value is -1.43. The van der Waals surface area contributed by atoms with Crippen LogP contribution in [0.2, 0.25) is 0 Å². The molecule has 3 heterocycles. The van der Waals surface area contributed by atoms with Gasteiger partial charge in [0.2, 0.25) is 0 Å². The number of rotatable bonds is 4. The first-order chi connectivity index (χ1) is 11.3. The second kappa shape index (κ2) is 6.59. The maximum atomic E-state index is 6.28. The van der Waals surface area contributed by atoms with E-state index in [0.29, 0.717) is 6.10 Å². The van der Waals surface area contributed by atoms with E-state index in [-0.39, 0.29) is 0 Å². The van der Waals surface area contributed by atoms with Gasteiger partial charge in [-0.3, -0.25) is 0 Å². The molecule has 0 aliphatic carbocycles. The van der Waals surface area contributed by atoms with Crippen LogP contribution in [0.25, 0.3) is 10.2 Å². The molecule has 1 fully saturated rings. The molecule has 0 N–H and O–H groups in total. The highest BCUT2D eigenvalue weighted by Crippen LogP contribution is 2.32. The van der Waals surface area contributed by atoms with Crippen molar-refractivity contribution in [1.29, 1.82) is 0 Å². The van der Waals surface area contributed by atoms with Crippen molar-refractivity contribution in [1.82, 2.24) is 9.88 Å². The van der Waals surface area contributed by atoms with Crippen molar-refractivity contribution in [3.05, 3.63) is 45.6 Å². The molecule has 0 spiro atoms. The molecule has 0 radical (unpaired) electrons. The zero-order valence-electron chi connectivity index (χ0n) is 13.2. The van der Waals surface area contributed by atoms with Crippen LogP contribution in [-0.4, -0.2) is 36.1 Å². The lowest BCUT2D eigenvalue weighted by Gasteiger charge is -2.29. The van der Waals surface area contributed by atoms with Gasteiger partial charge in [-0.25, -0.2) is 4.98 Å². The van der Waals surface area contributed by atoms with Crippen molar-refractivity contribution in [2.75, 3.05) is 20.1 Å². The largest absolute Gasteiger partial charge is 0.489 e. The van der Waals surface area contributed by atoms with Gasteiger partial charge in [0.25, 0.3) is 0 Å². The Labute approximate surface area is 144 Å². The molecule has 0 amide bonds. The van der Waals surface area contributed by atoms with Gasteiger partial charge in [0.1, 0.15) is 11.9 Å². The molecule has 1 aliphatic rings. The summed E-state index contributed by atoms with van der Waals surface area (Å²) in [5.41, 5.74) is 1.10. The Morgan fingerprint density at radius 2 is 2.04 bits per heavy atom. The minimum absolute atomic E-state index is 0.356. The van der Waals surface area contributed by atoms with Crippen molar-refractivity contribution in [3.63, 3.8) is 0 Å². The van der Waals surface area contributed by atoms with Gasteiger partial charge in [0.05, 0.1) is 20.1 Å². The van der Waals surface area contributed by atoms with E-state index in [1.54, 1.807) is 22.7 Å². The maximum Gasteiger partial charge on any atom is 0.134 e. The van der Waals surface area contributed by atoms with Crippen molar-refractivity contribution in [2.45, 2.75) is 25.4 Å². The fourth-order valence-electron chi connectivity index (χ4n) is 2.98. The number of hydrogen-bond donors (Lipinski definition) is 0. The van der Waals surface area contributed by atoms with E-state index in [4.69, 9.17) is 9.72 Å². The minimum atomic E-state index is 0.356. The monoisotopic (exact) mass is 344 g/mol. The molecule has 0 atom stereocenters. The van der Waals surface area contributed by atoms with Crippen molar-refractivity contribution < 1.29 is 4.74 Å². The average molecular weight is 345 g/mol. The molecule has 120 valence electrons. The quantitative estimate of drug-likeness (QED) is 0.700. The number of para-hydroxylation sites is 1. The summed E-state index contributed by atoms with van der Waals surface area (Å²) in [6.45, 7) is 2.25. The molecule has 1 aliphatic heterocycles. The Kier molecular flexibility index (Phi) is 4.33. The molecule has 3 aromatic rings. The number of ether oxygens (including phenoxy) is 1. The number of likely N-dealkylation sites (tertiary alicyclic amines) is 1. The lowest BCUT2D eigenvalue weighted by atomic mass is 10.1. The first-order valence-corrected chi connectivity index (χ1v) is 9.73. The fraction of sp³-hybridized carbons (Fsp3) is 0.389. The predicted molar refractivity (Wildman–Crippen MR) is 97.9 cm³/mol. The molecule has 2 aromatic heterocycles. The fourth-order valence-corrected chi connectivity index (χ4v) is 4.86. The molecule has 1 aromatic carbocycles. The minimum Gasteiger partial charge on any atom is -0.489 e. The highest BCUT2D eigenvalue weighted by molar-refractivity contribution is 7.18. The summed E-state index contributed by atoms with van der Waals surface area (Å²) in [5, 5.41) is 3.30. The van der Waals surface area contributed by atoms with Crippen LogP contribution in [0.5, 0.6) is 5.75 Å². The third-order valence-corrected chi connectivity index (χ3v) is 6.25. The smallest absolute Gasteiger partial charge is 0.134 e. The van der Waals surface area contributed by atoms with Crippen LogP contribution in [0.15, 0.2) is 35.7 Å². The van der Waals surface area contributed by atoms with Gasteiger partial charge in [-0.15, -0.1) is 22.7 Å². The Bertz CT molecular complexity index is 754. The molecule has 0 bridgehead atoms. The Morgan fingerprint density at radius 1 is 1.22 bits per heavy atom. The summed E-state index contributed by atoms with van der Waals surface area (Å²) in [7, 11) is 2.18. The van der Waals surface area contributed by atoms with Gasteiger partial charge in [-0.2, -0.15) is 0 Å². The summed E-state index contributed by atoms with van der Waals surface area (Å²) >= 11 is 3.56. The van der Waals surface area contributed by atoms with E-state index >= 15 is 0 Å². The number of benzene rings is 1. The highest BCUT2D eigenvalue weighted by Gasteiger charge is 2.20. The van der Waals surface area contributed by atoms with Crippen molar-refractivity contribution in [3.8, 4) is 5.75 Å². The van der Waals surface area contributed by atoms with Crippen molar-refractivity contribution >= 4 is 32.9 Å². The Balaban J connectivity index is 1.48. The van der Waals surface area contributed by atoms with Gasteiger partial charge < -0.3 is 9.64 Å². The van der Waals surface area contributed by atoms with Crippen LogP contribution in [0, 0.1) is 0 Å². The second-order valence-electron chi connectivity index (χ2n) is 6.08. The number of fused-ring (bicyclic) bond motifs is 1. The predicted octanol–water partition coefficient (Wildman–Crippen LogP) is 4.42.